The molecule has 0 saturated carbocycles. The average molecular weight is 291 g/mol. The summed E-state index contributed by atoms with van der Waals surface area (Å²) in [4.78, 5) is 15.3. The second-order valence-electron chi connectivity index (χ2n) is 5.24. The summed E-state index contributed by atoms with van der Waals surface area (Å²) < 4.78 is 0. The summed E-state index contributed by atoms with van der Waals surface area (Å²) in [7, 11) is 0. The molecule has 0 aromatic heterocycles. The molecule has 1 heterocycles. The molecule has 0 unspecified atom stereocenters. The lowest BCUT2D eigenvalue weighted by Crippen LogP contribution is -2.51. The van der Waals surface area contributed by atoms with Gasteiger partial charge in [-0.2, -0.15) is 0 Å². The second-order valence-corrected chi connectivity index (χ2v) is 5.63. The van der Waals surface area contributed by atoms with Crippen LogP contribution in [-0.2, 0) is 4.79 Å². The monoisotopic (exact) mass is 291 g/mol. The van der Waals surface area contributed by atoms with Crippen LogP contribution >= 0.6 is 12.2 Å². The quantitative estimate of drug-likeness (QED) is 0.804. The summed E-state index contributed by atoms with van der Waals surface area (Å²) in [6.45, 7) is 8.81. The molecule has 2 rings (SSSR count). The first kappa shape index (κ1) is 14.8. The van der Waals surface area contributed by atoms with Crippen LogP contribution in [0.1, 0.15) is 18.1 Å². The summed E-state index contributed by atoms with van der Waals surface area (Å²) in [6, 6.07) is 6.29. The summed E-state index contributed by atoms with van der Waals surface area (Å²) in [5.41, 5.74) is 3.45. The van der Waals surface area contributed by atoms with Gasteiger partial charge in [-0.1, -0.05) is 12.1 Å². The van der Waals surface area contributed by atoms with E-state index in [2.05, 4.69) is 42.3 Å². The lowest BCUT2D eigenvalue weighted by molar-refractivity contribution is -0.130. The maximum absolute atomic E-state index is 11.3. The number of amides is 1. The molecule has 1 amide bonds. The number of benzene rings is 1. The van der Waals surface area contributed by atoms with Gasteiger partial charge in [-0.15, -0.1) is 0 Å². The lowest BCUT2D eigenvalue weighted by Gasteiger charge is -2.35. The molecule has 4 nitrogen and oxygen atoms in total. The van der Waals surface area contributed by atoms with Gasteiger partial charge in [0.25, 0.3) is 0 Å². The Hall–Kier alpha value is -1.62. The van der Waals surface area contributed by atoms with Crippen LogP contribution in [0.5, 0.6) is 0 Å². The van der Waals surface area contributed by atoms with Crippen molar-refractivity contribution in [1.29, 1.82) is 0 Å². The molecular weight excluding hydrogens is 270 g/mol. The Morgan fingerprint density at radius 1 is 1.15 bits per heavy atom. The molecule has 1 fully saturated rings. The van der Waals surface area contributed by atoms with E-state index in [1.54, 1.807) is 6.92 Å². The number of nitrogens with zero attached hydrogens (tertiary/aromatic N) is 2. The number of carbonyl (C=O) groups excluding carboxylic acids is 1. The minimum atomic E-state index is 0.137. The zero-order valence-corrected chi connectivity index (χ0v) is 13.1. The zero-order chi connectivity index (χ0) is 14.7. The molecular formula is C15H21N3OS. The van der Waals surface area contributed by atoms with Crippen LogP contribution in [0.25, 0.3) is 0 Å². The second kappa shape index (κ2) is 6.22. The third kappa shape index (κ3) is 3.48. The standard InChI is InChI=1S/C15H21N3OS/c1-11-4-5-12(2)14(10-11)16-15(20)18-8-6-17(7-9-18)13(3)19/h4-5,10H,6-9H2,1-3H3,(H,16,20). The number of hydrogen-bond donors (Lipinski definition) is 1. The van der Waals surface area contributed by atoms with E-state index < -0.39 is 0 Å². The molecule has 1 saturated heterocycles. The number of aryl methyl sites for hydroxylation is 2. The van der Waals surface area contributed by atoms with Gasteiger partial charge >= 0.3 is 0 Å². The van der Waals surface area contributed by atoms with Gasteiger partial charge in [0.15, 0.2) is 5.11 Å². The van der Waals surface area contributed by atoms with Crippen molar-refractivity contribution < 1.29 is 4.79 Å². The van der Waals surface area contributed by atoms with Crippen LogP contribution in [0.4, 0.5) is 5.69 Å². The van der Waals surface area contributed by atoms with E-state index in [9.17, 15) is 4.79 Å². The molecule has 108 valence electrons. The third-order valence-electron chi connectivity index (χ3n) is 3.65. The van der Waals surface area contributed by atoms with E-state index in [1.807, 2.05) is 4.90 Å². The summed E-state index contributed by atoms with van der Waals surface area (Å²) >= 11 is 5.47. The normalized spacial score (nSPS) is 15.2. The highest BCUT2D eigenvalue weighted by atomic mass is 32.1. The number of rotatable bonds is 1. The topological polar surface area (TPSA) is 35.6 Å². The molecule has 20 heavy (non-hydrogen) atoms. The largest absolute Gasteiger partial charge is 0.345 e. The maximum atomic E-state index is 11.3. The first-order valence-corrected chi connectivity index (χ1v) is 7.27. The van der Waals surface area contributed by atoms with Crippen LogP contribution in [0.3, 0.4) is 0 Å². The van der Waals surface area contributed by atoms with E-state index >= 15 is 0 Å². The number of hydrogen-bond acceptors (Lipinski definition) is 2. The Labute approximate surface area is 125 Å². The first-order valence-electron chi connectivity index (χ1n) is 6.86. The minimum absolute atomic E-state index is 0.137. The molecule has 5 heteroatoms. The molecule has 1 aromatic carbocycles. The van der Waals surface area contributed by atoms with Gasteiger partial charge in [-0.3, -0.25) is 4.79 Å². The summed E-state index contributed by atoms with van der Waals surface area (Å²) in [5, 5.41) is 4.06. The predicted octanol–water partition coefficient (Wildman–Crippen LogP) is 2.16. The highest BCUT2D eigenvalue weighted by molar-refractivity contribution is 7.80. The smallest absolute Gasteiger partial charge is 0.219 e. The van der Waals surface area contributed by atoms with Crippen molar-refractivity contribution in [3.05, 3.63) is 29.3 Å². The van der Waals surface area contributed by atoms with E-state index in [1.165, 1.54) is 11.1 Å². The van der Waals surface area contributed by atoms with Crippen molar-refractivity contribution in [3.63, 3.8) is 0 Å². The molecule has 0 atom stereocenters. The van der Waals surface area contributed by atoms with Crippen LogP contribution < -0.4 is 5.32 Å². The molecule has 1 aromatic rings. The Bertz CT molecular complexity index is 522. The fraction of sp³-hybridized carbons (Fsp3) is 0.467. The molecule has 0 spiro atoms. The highest BCUT2D eigenvalue weighted by Crippen LogP contribution is 2.17. The van der Waals surface area contributed by atoms with Gasteiger partial charge in [0, 0.05) is 38.8 Å². The number of thiocarbonyl (C=S) groups is 1. The van der Waals surface area contributed by atoms with Crippen molar-refractivity contribution in [1.82, 2.24) is 9.80 Å². The Balaban J connectivity index is 1.96. The van der Waals surface area contributed by atoms with Crippen LogP contribution in [-0.4, -0.2) is 47.0 Å². The van der Waals surface area contributed by atoms with Gasteiger partial charge < -0.3 is 15.1 Å². The van der Waals surface area contributed by atoms with Crippen LogP contribution in [0.15, 0.2) is 18.2 Å². The number of nitrogens with one attached hydrogen (secondary N) is 1. The van der Waals surface area contributed by atoms with E-state index in [-0.39, 0.29) is 5.91 Å². The average Bonchev–Trinajstić information content (AvgIpc) is 2.43. The zero-order valence-electron chi connectivity index (χ0n) is 12.3. The lowest BCUT2D eigenvalue weighted by atomic mass is 10.1. The van der Waals surface area contributed by atoms with Crippen LogP contribution in [0.2, 0.25) is 0 Å². The third-order valence-corrected chi connectivity index (χ3v) is 4.01. The fourth-order valence-corrected chi connectivity index (χ4v) is 2.58. The Morgan fingerprint density at radius 2 is 1.75 bits per heavy atom. The predicted molar refractivity (Wildman–Crippen MR) is 86.0 cm³/mol. The van der Waals surface area contributed by atoms with Gasteiger partial charge in [0.2, 0.25) is 5.91 Å². The van der Waals surface area contributed by atoms with Gasteiger partial charge in [-0.25, -0.2) is 0 Å². The molecule has 0 aliphatic carbocycles. The number of carbonyl (C=O) groups is 1. The molecule has 1 aliphatic heterocycles. The van der Waals surface area contributed by atoms with Gasteiger partial charge in [-0.05, 0) is 43.3 Å². The SMILES string of the molecule is CC(=O)N1CCN(C(=S)Nc2cc(C)ccc2C)CC1. The number of anilines is 1. The Morgan fingerprint density at radius 3 is 2.35 bits per heavy atom. The maximum Gasteiger partial charge on any atom is 0.219 e. The van der Waals surface area contributed by atoms with Gasteiger partial charge in [0.1, 0.15) is 0 Å². The van der Waals surface area contributed by atoms with E-state index in [0.29, 0.717) is 0 Å². The van der Waals surface area contributed by atoms with Crippen molar-refractivity contribution in [2.45, 2.75) is 20.8 Å². The van der Waals surface area contributed by atoms with Crippen molar-refractivity contribution >= 4 is 28.9 Å². The molecule has 1 N–H and O–H groups in total. The fourth-order valence-electron chi connectivity index (χ4n) is 2.29. The van der Waals surface area contributed by atoms with Gasteiger partial charge in [0.05, 0.1) is 0 Å². The minimum Gasteiger partial charge on any atom is -0.345 e. The van der Waals surface area contributed by atoms with Crippen LogP contribution in [0, 0.1) is 13.8 Å². The molecule has 0 radical (unpaired) electrons. The first-order chi connectivity index (χ1) is 9.47. The summed E-state index contributed by atoms with van der Waals surface area (Å²) in [5.74, 6) is 0.137. The Kier molecular flexibility index (Phi) is 4.60. The van der Waals surface area contributed by atoms with Crippen molar-refractivity contribution in [3.8, 4) is 0 Å². The molecule has 0 bridgehead atoms. The van der Waals surface area contributed by atoms with E-state index in [0.717, 1.165) is 37.0 Å². The summed E-state index contributed by atoms with van der Waals surface area (Å²) in [6.07, 6.45) is 0. The number of piperazine rings is 1. The van der Waals surface area contributed by atoms with E-state index in [4.69, 9.17) is 12.2 Å². The highest BCUT2D eigenvalue weighted by Gasteiger charge is 2.20. The van der Waals surface area contributed by atoms with Crippen molar-refractivity contribution in [2.75, 3.05) is 31.5 Å². The molecule has 1 aliphatic rings. The van der Waals surface area contributed by atoms with Crippen molar-refractivity contribution in [2.24, 2.45) is 0 Å².